The van der Waals surface area contributed by atoms with Crippen molar-refractivity contribution in [2.75, 3.05) is 6.54 Å². The molecule has 12 heteroatoms. The van der Waals surface area contributed by atoms with Gasteiger partial charge in [0, 0.05) is 23.2 Å². The Morgan fingerprint density at radius 1 is 1.07 bits per heavy atom. The molecule has 0 spiro atoms. The molecular formula is C34H35F3N6O2S. The largest absolute Gasteiger partial charge is 0.573 e. The Morgan fingerprint density at radius 2 is 1.80 bits per heavy atom. The Kier molecular flexibility index (Phi) is 10.1. The van der Waals surface area contributed by atoms with Crippen LogP contribution >= 0.6 is 11.3 Å². The molecule has 1 N–H and O–H groups in total. The van der Waals surface area contributed by atoms with Crippen molar-refractivity contribution in [3.05, 3.63) is 106 Å². The second-order valence-corrected chi connectivity index (χ2v) is 12.1. The molecular weight excluding hydrogens is 613 g/mol. The quantitative estimate of drug-likeness (QED) is 0.168. The summed E-state index contributed by atoms with van der Waals surface area (Å²) in [5, 5.41) is 9.44. The highest BCUT2D eigenvalue weighted by atomic mass is 32.1. The molecule has 0 aliphatic rings. The maximum Gasteiger partial charge on any atom is 0.573 e. The minimum Gasteiger partial charge on any atom is -0.406 e. The molecule has 8 nitrogen and oxygen atoms in total. The number of thiazole rings is 1. The van der Waals surface area contributed by atoms with Crippen LogP contribution in [-0.2, 0) is 12.8 Å². The van der Waals surface area contributed by atoms with Gasteiger partial charge in [-0.3, -0.25) is 4.57 Å². The number of carbonyl (C=O) groups is 1. The smallest absolute Gasteiger partial charge is 0.406 e. The van der Waals surface area contributed by atoms with E-state index in [1.807, 2.05) is 36.6 Å². The lowest BCUT2D eigenvalue weighted by molar-refractivity contribution is -0.274. The van der Waals surface area contributed by atoms with Gasteiger partial charge in [0.15, 0.2) is 10.6 Å². The van der Waals surface area contributed by atoms with Gasteiger partial charge >= 0.3 is 12.4 Å². The van der Waals surface area contributed by atoms with Gasteiger partial charge in [-0.15, -0.1) is 29.6 Å². The van der Waals surface area contributed by atoms with E-state index in [0.717, 1.165) is 47.3 Å². The van der Waals surface area contributed by atoms with Crippen molar-refractivity contribution in [2.45, 2.75) is 53.3 Å². The number of aryl methyl sites for hydroxylation is 3. The molecule has 2 amide bonds. The fourth-order valence-corrected chi connectivity index (χ4v) is 5.96. The zero-order chi connectivity index (χ0) is 32.8. The van der Waals surface area contributed by atoms with Crippen LogP contribution < -0.4 is 14.9 Å². The van der Waals surface area contributed by atoms with Gasteiger partial charge in [-0.2, -0.15) is 4.99 Å². The van der Waals surface area contributed by atoms with Crippen molar-refractivity contribution in [3.8, 4) is 28.5 Å². The summed E-state index contributed by atoms with van der Waals surface area (Å²) in [6.45, 7) is 8.79. The van der Waals surface area contributed by atoms with Crippen molar-refractivity contribution < 1.29 is 22.7 Å². The minimum atomic E-state index is -4.75. The van der Waals surface area contributed by atoms with Gasteiger partial charge in [0.1, 0.15) is 12.1 Å². The average Bonchev–Trinajstić information content (AvgIpc) is 3.64. The van der Waals surface area contributed by atoms with Crippen molar-refractivity contribution in [1.82, 2.24) is 24.6 Å². The van der Waals surface area contributed by atoms with Crippen molar-refractivity contribution in [1.29, 1.82) is 0 Å². The second kappa shape index (κ2) is 14.2. The molecule has 46 heavy (non-hydrogen) atoms. The average molecular weight is 649 g/mol. The van der Waals surface area contributed by atoms with Crippen LogP contribution in [0.2, 0.25) is 0 Å². The first kappa shape index (κ1) is 32.7. The normalized spacial score (nSPS) is 12.7. The van der Waals surface area contributed by atoms with Gasteiger partial charge < -0.3 is 10.1 Å². The first-order chi connectivity index (χ1) is 22.0. The summed E-state index contributed by atoms with van der Waals surface area (Å²) < 4.78 is 44.8. The Hall–Kier alpha value is -4.71. The van der Waals surface area contributed by atoms with Gasteiger partial charge in [0.2, 0.25) is 0 Å². The van der Waals surface area contributed by atoms with E-state index in [9.17, 15) is 18.0 Å². The molecule has 0 saturated heterocycles. The Balaban J connectivity index is 1.18. The third kappa shape index (κ3) is 8.30. The van der Waals surface area contributed by atoms with E-state index in [1.165, 1.54) is 52.2 Å². The minimum absolute atomic E-state index is 0.164. The highest BCUT2D eigenvalue weighted by molar-refractivity contribution is 7.07. The second-order valence-electron chi connectivity index (χ2n) is 11.2. The first-order valence-electron chi connectivity index (χ1n) is 15.0. The number of aromatic nitrogens is 4. The molecule has 0 aliphatic carbocycles. The SMILES string of the molecule is CCCc1ccc(C)cc1-n1c(C)csc1=NC(=O)NCC(C)Cc1ccc(-c2ncn(-c3ccc(OC(F)(F)F)cc3)n2)cc1. The van der Waals surface area contributed by atoms with E-state index in [-0.39, 0.29) is 17.7 Å². The van der Waals surface area contributed by atoms with Crippen LogP contribution in [0.3, 0.4) is 0 Å². The predicted octanol–water partition coefficient (Wildman–Crippen LogP) is 7.74. The van der Waals surface area contributed by atoms with Gasteiger partial charge in [-0.1, -0.05) is 56.7 Å². The van der Waals surface area contributed by atoms with Crippen LogP contribution in [-0.4, -0.2) is 38.3 Å². The van der Waals surface area contributed by atoms with Crippen LogP contribution in [0, 0.1) is 19.8 Å². The van der Waals surface area contributed by atoms with Gasteiger partial charge in [-0.05, 0) is 79.6 Å². The van der Waals surface area contributed by atoms with Gasteiger partial charge in [0.05, 0.1) is 11.4 Å². The van der Waals surface area contributed by atoms with Crippen LogP contribution in [0.15, 0.2) is 83.4 Å². The van der Waals surface area contributed by atoms with Crippen molar-refractivity contribution >= 4 is 17.4 Å². The summed E-state index contributed by atoms with van der Waals surface area (Å²) in [6, 6.07) is 19.3. The number of hydrogen-bond acceptors (Lipinski definition) is 5. The summed E-state index contributed by atoms with van der Waals surface area (Å²) in [7, 11) is 0. The molecule has 0 radical (unpaired) electrons. The fraction of sp³-hybridized carbons (Fsp3) is 0.294. The number of benzene rings is 3. The predicted molar refractivity (Wildman–Crippen MR) is 172 cm³/mol. The summed E-state index contributed by atoms with van der Waals surface area (Å²) in [5.74, 6) is 0.342. The number of rotatable bonds is 10. The Morgan fingerprint density at radius 3 is 2.50 bits per heavy atom. The van der Waals surface area contributed by atoms with E-state index in [1.54, 1.807) is 0 Å². The molecule has 3 aromatic carbocycles. The summed E-state index contributed by atoms with van der Waals surface area (Å²) in [6.07, 6.45) is -0.522. The topological polar surface area (TPSA) is 86.3 Å². The van der Waals surface area contributed by atoms with Crippen molar-refractivity contribution in [2.24, 2.45) is 10.9 Å². The lowest BCUT2D eigenvalue weighted by Crippen LogP contribution is -2.29. The Bertz CT molecular complexity index is 1860. The molecule has 240 valence electrons. The van der Waals surface area contributed by atoms with Crippen LogP contribution in [0.4, 0.5) is 18.0 Å². The van der Waals surface area contributed by atoms with Crippen LogP contribution in [0.25, 0.3) is 22.8 Å². The molecule has 2 aromatic heterocycles. The number of carbonyl (C=O) groups excluding carboxylic acids is 1. The summed E-state index contributed by atoms with van der Waals surface area (Å²) in [5.41, 5.74) is 6.93. The standard InChI is InChI=1S/C34H35F3N6O2S/c1-5-6-26-10-7-22(2)18-30(26)43-24(4)20-46-33(43)40-32(44)38-19-23(3)17-25-8-11-27(12-9-25)31-39-21-42(41-31)28-13-15-29(16-14-28)45-34(35,36)37/h7-16,18,20-21,23H,5-6,17,19H2,1-4H3,(H,38,44). The van der Waals surface area contributed by atoms with Crippen molar-refractivity contribution in [3.63, 3.8) is 0 Å². The number of hydrogen-bond donors (Lipinski definition) is 1. The monoisotopic (exact) mass is 648 g/mol. The molecule has 1 unspecified atom stereocenters. The van der Waals surface area contributed by atoms with E-state index in [4.69, 9.17) is 0 Å². The Labute approximate surface area is 269 Å². The van der Waals surface area contributed by atoms with E-state index < -0.39 is 6.36 Å². The number of ether oxygens (including phenoxy) is 1. The molecule has 0 bridgehead atoms. The number of halogens is 3. The molecule has 5 aromatic rings. The van der Waals surface area contributed by atoms with E-state index >= 15 is 0 Å². The fourth-order valence-electron chi connectivity index (χ4n) is 5.10. The molecule has 2 heterocycles. The number of amides is 2. The highest BCUT2D eigenvalue weighted by Crippen LogP contribution is 2.24. The lowest BCUT2D eigenvalue weighted by Gasteiger charge is -2.14. The first-order valence-corrected chi connectivity index (χ1v) is 15.8. The maximum atomic E-state index is 12.9. The van der Waals surface area contributed by atoms with Gasteiger partial charge in [-0.25, -0.2) is 14.5 Å². The van der Waals surface area contributed by atoms with E-state index in [2.05, 4.69) is 68.7 Å². The lowest BCUT2D eigenvalue weighted by atomic mass is 10.00. The zero-order valence-electron chi connectivity index (χ0n) is 26.0. The number of nitrogens with one attached hydrogen (secondary N) is 1. The van der Waals surface area contributed by atoms with Crippen LogP contribution in [0.1, 0.15) is 42.7 Å². The van der Waals surface area contributed by atoms with E-state index in [0.29, 0.717) is 22.9 Å². The third-order valence-corrected chi connectivity index (χ3v) is 8.25. The number of nitrogens with zero attached hydrogens (tertiary/aromatic N) is 5. The summed E-state index contributed by atoms with van der Waals surface area (Å²) >= 11 is 1.45. The molecule has 0 saturated carbocycles. The molecule has 0 fully saturated rings. The highest BCUT2D eigenvalue weighted by Gasteiger charge is 2.31. The molecule has 1 atom stereocenters. The maximum absolute atomic E-state index is 12.9. The third-order valence-electron chi connectivity index (χ3n) is 7.30. The molecule has 0 aliphatic heterocycles. The number of alkyl halides is 3. The van der Waals surface area contributed by atoms with Gasteiger partial charge in [0.25, 0.3) is 0 Å². The molecule has 5 rings (SSSR count). The number of urea groups is 1. The van der Waals surface area contributed by atoms with Crippen LogP contribution in [0.5, 0.6) is 5.75 Å². The summed E-state index contributed by atoms with van der Waals surface area (Å²) in [4.78, 5) is 22.3. The zero-order valence-corrected chi connectivity index (χ0v) is 26.8.